The molecule has 1 saturated carbocycles. The molecule has 1 N–H and O–H groups in total. The highest BCUT2D eigenvalue weighted by molar-refractivity contribution is 5.69. The van der Waals surface area contributed by atoms with Crippen LogP contribution in [0.1, 0.15) is 42.6 Å². The Morgan fingerprint density at radius 2 is 1.74 bits per heavy atom. The Balaban J connectivity index is 1.64. The van der Waals surface area contributed by atoms with Crippen LogP contribution in [0.25, 0.3) is 0 Å². The number of nitrogens with zero attached hydrogens (tertiary/aromatic N) is 5. The second kappa shape index (κ2) is 9.27. The molecular formula is C24H22F3N5O2. The monoisotopic (exact) mass is 469 g/mol. The van der Waals surface area contributed by atoms with Gasteiger partial charge in [0.05, 0.1) is 24.4 Å². The van der Waals surface area contributed by atoms with E-state index in [9.17, 15) is 18.3 Å². The summed E-state index contributed by atoms with van der Waals surface area (Å²) in [4.78, 5) is 14.4. The lowest BCUT2D eigenvalue weighted by Gasteiger charge is -2.41. The number of hydrogen-bond donors (Lipinski definition) is 1. The number of rotatable bonds is 5. The third-order valence-electron chi connectivity index (χ3n) is 6.06. The fourth-order valence-electron chi connectivity index (χ4n) is 4.27. The summed E-state index contributed by atoms with van der Waals surface area (Å²) in [5, 5.41) is 20.1. The number of halogens is 3. The first-order valence-corrected chi connectivity index (χ1v) is 10.6. The highest BCUT2D eigenvalue weighted by atomic mass is 19.4. The average Bonchev–Trinajstić information content (AvgIpc) is 2.85. The second-order valence-electron chi connectivity index (χ2n) is 8.13. The van der Waals surface area contributed by atoms with E-state index < -0.39 is 17.3 Å². The smallest absolute Gasteiger partial charge is 0.416 e. The number of aliphatic hydroxyl groups is 1. The van der Waals surface area contributed by atoms with Gasteiger partial charge in [-0.25, -0.2) is 9.97 Å². The molecule has 0 bridgehead atoms. The number of anilines is 2. The van der Waals surface area contributed by atoms with Crippen molar-refractivity contribution in [2.24, 2.45) is 0 Å². The van der Waals surface area contributed by atoms with Gasteiger partial charge in [0.15, 0.2) is 5.82 Å². The molecule has 1 aliphatic carbocycles. The van der Waals surface area contributed by atoms with Gasteiger partial charge in [-0.05, 0) is 49.9 Å². The van der Waals surface area contributed by atoms with E-state index in [2.05, 4.69) is 15.0 Å². The lowest BCUT2D eigenvalue weighted by atomic mass is 9.80. The SMILES string of the molecule is COc1ccncc1N(c1ccc(C(F)(F)F)cc1)C1CCC(O)(c2ncc(C#N)cn2)CC1. The van der Waals surface area contributed by atoms with Gasteiger partial charge in [-0.3, -0.25) is 4.98 Å². The zero-order chi connectivity index (χ0) is 24.3. The quantitative estimate of drug-likeness (QED) is 0.577. The Kier molecular flexibility index (Phi) is 6.39. The molecule has 34 heavy (non-hydrogen) atoms. The van der Waals surface area contributed by atoms with Gasteiger partial charge in [-0.1, -0.05) is 0 Å². The van der Waals surface area contributed by atoms with Gasteiger partial charge in [-0.2, -0.15) is 18.4 Å². The number of pyridine rings is 1. The fourth-order valence-corrected chi connectivity index (χ4v) is 4.27. The van der Waals surface area contributed by atoms with Crippen LogP contribution in [0.5, 0.6) is 5.75 Å². The van der Waals surface area contributed by atoms with Gasteiger partial charge >= 0.3 is 6.18 Å². The number of nitriles is 1. The standard InChI is InChI=1S/C24H22F3N5O2/c1-34-21-8-11-29-15-20(21)32(18-4-2-17(3-5-18)24(25,26)27)19-6-9-23(33,10-7-19)22-30-13-16(12-28)14-31-22/h2-5,8,11,13-15,19,33H,6-7,9-10H2,1H3. The lowest BCUT2D eigenvalue weighted by Crippen LogP contribution is -2.41. The van der Waals surface area contributed by atoms with E-state index in [0.29, 0.717) is 48.4 Å². The molecule has 4 rings (SSSR count). The minimum absolute atomic E-state index is 0.145. The molecule has 0 unspecified atom stereocenters. The number of ether oxygens (including phenoxy) is 1. The van der Waals surface area contributed by atoms with Crippen LogP contribution in [-0.4, -0.2) is 33.2 Å². The van der Waals surface area contributed by atoms with Crippen LogP contribution in [0.4, 0.5) is 24.5 Å². The fraction of sp³-hybridized carbons (Fsp3) is 0.333. The molecule has 0 atom stereocenters. The predicted octanol–water partition coefficient (Wildman–Crippen LogP) is 4.74. The van der Waals surface area contributed by atoms with E-state index in [-0.39, 0.29) is 11.9 Å². The van der Waals surface area contributed by atoms with Crippen molar-refractivity contribution in [3.8, 4) is 11.8 Å². The molecule has 0 saturated heterocycles. The van der Waals surface area contributed by atoms with Crippen LogP contribution >= 0.6 is 0 Å². The minimum atomic E-state index is -4.43. The molecule has 0 aliphatic heterocycles. The molecule has 7 nitrogen and oxygen atoms in total. The summed E-state index contributed by atoms with van der Waals surface area (Å²) in [5.41, 5.74) is -0.502. The molecular weight excluding hydrogens is 447 g/mol. The van der Waals surface area contributed by atoms with Crippen molar-refractivity contribution in [3.05, 3.63) is 72.1 Å². The molecule has 0 spiro atoms. The molecule has 1 aromatic carbocycles. The van der Waals surface area contributed by atoms with Gasteiger partial charge in [0.2, 0.25) is 0 Å². The number of methoxy groups -OCH3 is 1. The van der Waals surface area contributed by atoms with Gasteiger partial charge in [0.1, 0.15) is 23.1 Å². The van der Waals surface area contributed by atoms with E-state index in [0.717, 1.165) is 12.1 Å². The van der Waals surface area contributed by atoms with Crippen molar-refractivity contribution in [1.82, 2.24) is 15.0 Å². The van der Waals surface area contributed by atoms with Crippen LogP contribution < -0.4 is 9.64 Å². The normalized spacial score (nSPS) is 20.4. The first kappa shape index (κ1) is 23.4. The van der Waals surface area contributed by atoms with Crippen LogP contribution in [0.2, 0.25) is 0 Å². The molecule has 0 amide bonds. The summed E-state index contributed by atoms with van der Waals surface area (Å²) >= 11 is 0. The Morgan fingerprint density at radius 1 is 1.09 bits per heavy atom. The van der Waals surface area contributed by atoms with E-state index in [1.165, 1.54) is 31.6 Å². The third-order valence-corrected chi connectivity index (χ3v) is 6.06. The zero-order valence-electron chi connectivity index (χ0n) is 18.3. The Morgan fingerprint density at radius 3 is 2.29 bits per heavy atom. The molecule has 10 heteroatoms. The lowest BCUT2D eigenvalue weighted by molar-refractivity contribution is -0.137. The number of alkyl halides is 3. The molecule has 0 radical (unpaired) electrons. The Bertz CT molecular complexity index is 1170. The third kappa shape index (κ3) is 4.65. The van der Waals surface area contributed by atoms with Gasteiger partial charge < -0.3 is 14.7 Å². The van der Waals surface area contributed by atoms with E-state index in [1.54, 1.807) is 18.5 Å². The van der Waals surface area contributed by atoms with Crippen LogP contribution in [0, 0.1) is 11.3 Å². The zero-order valence-corrected chi connectivity index (χ0v) is 18.3. The molecule has 1 aliphatic rings. The molecule has 2 heterocycles. The van der Waals surface area contributed by atoms with Crippen molar-refractivity contribution >= 4 is 11.4 Å². The molecule has 3 aromatic rings. The number of benzene rings is 1. The number of aromatic nitrogens is 3. The first-order valence-electron chi connectivity index (χ1n) is 10.6. The Hall–Kier alpha value is -3.71. The maximum atomic E-state index is 13.1. The predicted molar refractivity (Wildman–Crippen MR) is 117 cm³/mol. The Labute approximate surface area is 194 Å². The van der Waals surface area contributed by atoms with Crippen molar-refractivity contribution < 1.29 is 23.0 Å². The molecule has 176 valence electrons. The van der Waals surface area contributed by atoms with Crippen molar-refractivity contribution in [2.45, 2.75) is 43.5 Å². The first-order chi connectivity index (χ1) is 16.2. The maximum Gasteiger partial charge on any atom is 0.416 e. The van der Waals surface area contributed by atoms with Crippen molar-refractivity contribution in [2.75, 3.05) is 12.0 Å². The summed E-state index contributed by atoms with van der Waals surface area (Å²) in [6.07, 6.45) is 3.21. The van der Waals surface area contributed by atoms with E-state index in [1.807, 2.05) is 11.0 Å². The van der Waals surface area contributed by atoms with Gasteiger partial charge in [0, 0.05) is 36.4 Å². The highest BCUT2D eigenvalue weighted by Gasteiger charge is 2.40. The summed E-state index contributed by atoms with van der Waals surface area (Å²) in [6.45, 7) is 0. The summed E-state index contributed by atoms with van der Waals surface area (Å²) in [5.74, 6) is 0.788. The topological polar surface area (TPSA) is 95.2 Å². The second-order valence-corrected chi connectivity index (χ2v) is 8.13. The highest BCUT2D eigenvalue weighted by Crippen LogP contribution is 2.43. The van der Waals surface area contributed by atoms with Crippen LogP contribution in [0.15, 0.2) is 55.1 Å². The van der Waals surface area contributed by atoms with Gasteiger partial charge in [0.25, 0.3) is 0 Å². The van der Waals surface area contributed by atoms with Crippen LogP contribution in [-0.2, 0) is 11.8 Å². The largest absolute Gasteiger partial charge is 0.494 e. The molecule has 1 fully saturated rings. The van der Waals surface area contributed by atoms with Crippen molar-refractivity contribution in [3.63, 3.8) is 0 Å². The van der Waals surface area contributed by atoms with E-state index >= 15 is 0 Å². The summed E-state index contributed by atoms with van der Waals surface area (Å²) < 4.78 is 44.8. The van der Waals surface area contributed by atoms with Gasteiger partial charge in [-0.15, -0.1) is 0 Å². The maximum absolute atomic E-state index is 13.1. The summed E-state index contributed by atoms with van der Waals surface area (Å²) in [7, 11) is 1.52. The average molecular weight is 469 g/mol. The number of hydrogen-bond acceptors (Lipinski definition) is 7. The van der Waals surface area contributed by atoms with Crippen molar-refractivity contribution in [1.29, 1.82) is 5.26 Å². The van der Waals surface area contributed by atoms with Crippen LogP contribution in [0.3, 0.4) is 0 Å². The molecule has 2 aromatic heterocycles. The van der Waals surface area contributed by atoms with E-state index in [4.69, 9.17) is 10.00 Å². The summed E-state index contributed by atoms with van der Waals surface area (Å²) in [6, 6.07) is 8.46. The minimum Gasteiger partial charge on any atom is -0.494 e.